The van der Waals surface area contributed by atoms with Crippen LogP contribution in [0, 0.1) is 104 Å². The molecule has 6 aliphatic heterocycles. The molecule has 12 rings (SSSR count). The van der Waals surface area contributed by atoms with Crippen molar-refractivity contribution in [3.05, 3.63) is 12.2 Å². The molecule has 0 aromatic carbocycles. The summed E-state index contributed by atoms with van der Waals surface area (Å²) in [5.41, 5.74) is 0.326. The third kappa shape index (κ3) is 18.5. The van der Waals surface area contributed by atoms with Crippen LogP contribution in [0.25, 0.3) is 0 Å². The molecule has 25 atom stereocenters. The van der Waals surface area contributed by atoms with Crippen molar-refractivity contribution >= 4 is 47.6 Å². The van der Waals surface area contributed by atoms with E-state index in [1.165, 1.54) is 25.7 Å². The number of ketones is 1. The van der Waals surface area contributed by atoms with Crippen LogP contribution in [-0.4, -0.2) is 115 Å². The van der Waals surface area contributed by atoms with E-state index in [4.69, 9.17) is 37.9 Å². The highest BCUT2D eigenvalue weighted by Crippen LogP contribution is 2.53. The zero-order valence-electron chi connectivity index (χ0n) is 61.8. The van der Waals surface area contributed by atoms with E-state index in [2.05, 4.69) is 53.7 Å². The second-order valence-corrected chi connectivity index (χ2v) is 33.7. The van der Waals surface area contributed by atoms with Crippen LogP contribution in [0.2, 0.25) is 0 Å². The van der Waals surface area contributed by atoms with Crippen LogP contribution in [0.5, 0.6) is 0 Å². The number of allylic oxidation sites excluding steroid dienone is 2. The Balaban J connectivity index is 0.000000161. The van der Waals surface area contributed by atoms with Crippen molar-refractivity contribution in [3.63, 3.8) is 0 Å². The van der Waals surface area contributed by atoms with E-state index in [-0.39, 0.29) is 142 Å². The molecule has 12 fully saturated rings. The zero-order chi connectivity index (χ0) is 70.3. The first kappa shape index (κ1) is 78.0. The van der Waals surface area contributed by atoms with Crippen molar-refractivity contribution in [3.8, 4) is 0 Å². The molecule has 17 heteroatoms. The second kappa shape index (κ2) is 32.3. The number of hydrogen-bond donors (Lipinski definition) is 1. The molecule has 0 radical (unpaired) electrons. The minimum Gasteiger partial charge on any atom is -0.466 e. The van der Waals surface area contributed by atoms with Gasteiger partial charge in [0.2, 0.25) is 0 Å². The van der Waals surface area contributed by atoms with Crippen molar-refractivity contribution in [2.24, 2.45) is 104 Å². The Bertz CT molecular complexity index is 2710. The second-order valence-electron chi connectivity index (χ2n) is 33.7. The first-order valence-electron chi connectivity index (χ1n) is 37.3. The molecule has 25 unspecified atom stereocenters. The first-order chi connectivity index (χ1) is 44.5. The summed E-state index contributed by atoms with van der Waals surface area (Å²) < 4.78 is 43.2. The number of ether oxygens (including phenoxy) is 8. The standard InChI is InChI=1S/C14H22O2.C13H20O4.2C13H22O3.C13H20O3.C12H20O2/c1-4-5-7-14(3)8-6-11-10(2)13(15)16-12(11)9-14;1-4-16-12(15)13(3)6-5-9-8(2)11(14)17-10(9)7-13;1-8(14)6-13(3)5-4-10-9(2)12(15)16-11(10)7-13;1-4-15-8-13(3)6-5-10-9(2)12(14)16-11(10)7-13;1-4-11(14)13(3)6-5-9-8(2)12(15)16-10(9)7-13;1-4-12(3)6-5-9-8(2)11(13)14-10(9)7-12/h4-5,10-12H,6-9H2,1-3H3;8-10H,4-7H2,1-3H3;8-11,14H,4-7H2,1-3H3;9-11H,4-8H2,1-3H3;8-10H,4-7H2,1-3H3;8-10H,4-7H2,1-3H3/b5-4+;;;;;. The predicted octanol–water partition coefficient (Wildman–Crippen LogP) is 14.9. The summed E-state index contributed by atoms with van der Waals surface area (Å²) in [5.74, 6) is 2.85. The molecule has 1 N–H and O–H groups in total. The summed E-state index contributed by atoms with van der Waals surface area (Å²) in [5, 5.41) is 9.51. The molecule has 540 valence electrons. The van der Waals surface area contributed by atoms with Gasteiger partial charge in [0, 0.05) is 60.4 Å². The summed E-state index contributed by atoms with van der Waals surface area (Å²) in [6.45, 7) is 38.7. The lowest BCUT2D eigenvalue weighted by molar-refractivity contribution is -0.161. The van der Waals surface area contributed by atoms with E-state index >= 15 is 0 Å². The van der Waals surface area contributed by atoms with Crippen LogP contribution < -0.4 is 0 Å². The lowest BCUT2D eigenvalue weighted by atomic mass is 9.66. The lowest BCUT2D eigenvalue weighted by Gasteiger charge is -2.40. The van der Waals surface area contributed by atoms with Crippen LogP contribution in [0.1, 0.15) is 266 Å². The summed E-state index contributed by atoms with van der Waals surface area (Å²) >= 11 is 0. The van der Waals surface area contributed by atoms with Crippen LogP contribution in [-0.2, 0) is 76.3 Å². The van der Waals surface area contributed by atoms with E-state index in [0.29, 0.717) is 65.7 Å². The Hall–Kier alpha value is -4.38. The Labute approximate surface area is 570 Å². The molecule has 0 amide bonds. The molecule has 17 nitrogen and oxygen atoms in total. The van der Waals surface area contributed by atoms with Gasteiger partial charge in [-0.05, 0) is 178 Å². The number of hydrogen-bond acceptors (Lipinski definition) is 17. The third-order valence-electron chi connectivity index (χ3n) is 25.9. The van der Waals surface area contributed by atoms with Gasteiger partial charge in [0.1, 0.15) is 42.4 Å². The maximum Gasteiger partial charge on any atom is 0.311 e. The van der Waals surface area contributed by atoms with Crippen molar-refractivity contribution in [1.82, 2.24) is 0 Å². The lowest BCUT2D eigenvalue weighted by Crippen LogP contribution is -2.40. The predicted molar refractivity (Wildman–Crippen MR) is 361 cm³/mol. The van der Waals surface area contributed by atoms with Gasteiger partial charge in [-0.25, -0.2) is 0 Å². The number of carbonyl (C=O) groups is 8. The number of esters is 7. The van der Waals surface area contributed by atoms with Crippen molar-refractivity contribution in [2.45, 2.75) is 309 Å². The number of aliphatic hydroxyl groups is 1. The van der Waals surface area contributed by atoms with Gasteiger partial charge >= 0.3 is 41.8 Å². The van der Waals surface area contributed by atoms with Crippen LogP contribution >= 0.6 is 0 Å². The van der Waals surface area contributed by atoms with Crippen LogP contribution in [0.4, 0.5) is 0 Å². The van der Waals surface area contributed by atoms with Gasteiger partial charge in [-0.15, -0.1) is 0 Å². The van der Waals surface area contributed by atoms with E-state index in [0.717, 1.165) is 116 Å². The molecule has 6 heterocycles. The molecule has 0 spiro atoms. The highest BCUT2D eigenvalue weighted by Gasteiger charge is 2.55. The smallest absolute Gasteiger partial charge is 0.311 e. The Morgan fingerprint density at radius 3 is 1.14 bits per heavy atom. The third-order valence-corrected chi connectivity index (χ3v) is 25.9. The van der Waals surface area contributed by atoms with Gasteiger partial charge < -0.3 is 43.0 Å². The van der Waals surface area contributed by atoms with Gasteiger partial charge in [-0.3, -0.25) is 38.4 Å². The number of aliphatic hydroxyl groups excluding tert-OH is 1. The molecule has 12 aliphatic rings. The maximum atomic E-state index is 11.9. The quantitative estimate of drug-likeness (QED) is 0.109. The van der Waals surface area contributed by atoms with Crippen LogP contribution in [0.15, 0.2) is 12.2 Å². The molecule has 0 bridgehead atoms. The summed E-state index contributed by atoms with van der Waals surface area (Å²) in [4.78, 5) is 92.8. The first-order valence-corrected chi connectivity index (χ1v) is 37.3. The van der Waals surface area contributed by atoms with Gasteiger partial charge in [-0.1, -0.05) is 109 Å². The molecule has 0 aromatic rings. The van der Waals surface area contributed by atoms with Gasteiger partial charge in [0.15, 0.2) is 0 Å². The number of fused-ring (bicyclic) bond motifs is 6. The minimum atomic E-state index is -0.485. The number of carbonyl (C=O) groups excluding carboxylic acids is 8. The monoisotopic (exact) mass is 1330 g/mol. The van der Waals surface area contributed by atoms with Gasteiger partial charge in [0.05, 0.1) is 60.2 Å². The van der Waals surface area contributed by atoms with E-state index in [1.54, 1.807) is 0 Å². The molecular formula is C78H126O17. The highest BCUT2D eigenvalue weighted by atomic mass is 16.6. The SMILES string of the molecule is C/C=C/CC1(C)CCC2C(C1)OC(=O)C2C.CC(O)CC1(C)CCC2C(C1)OC(=O)C2C.CCC(=O)C1(C)CCC2C(C1)OC(=O)C2C.CCC1(C)CCC2C(C1)OC(=O)C2C.CCOC(=O)C1(C)CCC2C(C1)OC(=O)C2C.CCOCC1(C)CCC2C(C1)OC(=O)C2C. The Kier molecular flexibility index (Phi) is 26.5. The number of rotatable bonds is 12. The summed E-state index contributed by atoms with van der Waals surface area (Å²) in [7, 11) is 0. The summed E-state index contributed by atoms with van der Waals surface area (Å²) in [6.07, 6.45) is 26.3. The average Bonchev–Trinajstić information content (AvgIpc) is 1.74. The molecular weight excluding hydrogens is 1210 g/mol. The number of Topliss-reactive ketones (excluding diaryl/α,β-unsaturated/α-hetero) is 1. The molecule has 6 saturated carbocycles. The van der Waals surface area contributed by atoms with E-state index in [9.17, 15) is 43.5 Å². The highest BCUT2D eigenvalue weighted by molar-refractivity contribution is 5.85. The van der Waals surface area contributed by atoms with Crippen LogP contribution in [0.3, 0.4) is 0 Å². The zero-order valence-corrected chi connectivity index (χ0v) is 61.8. The topological polar surface area (TPSA) is 231 Å². The maximum absolute atomic E-state index is 11.9. The Morgan fingerprint density at radius 2 is 0.779 bits per heavy atom. The van der Waals surface area contributed by atoms with Crippen molar-refractivity contribution < 1.29 is 81.4 Å². The average molecular weight is 1340 g/mol. The molecule has 95 heavy (non-hydrogen) atoms. The van der Waals surface area contributed by atoms with Gasteiger partial charge in [0.25, 0.3) is 0 Å². The fraction of sp³-hybridized carbons (Fsp3) is 0.872. The fourth-order valence-electron chi connectivity index (χ4n) is 18.7. The molecule has 6 saturated heterocycles. The Morgan fingerprint density at radius 1 is 0.463 bits per heavy atom. The van der Waals surface area contributed by atoms with Gasteiger partial charge in [-0.2, -0.15) is 0 Å². The fourth-order valence-corrected chi connectivity index (χ4v) is 18.7. The van der Waals surface area contributed by atoms with Crippen molar-refractivity contribution in [1.29, 1.82) is 0 Å². The normalized spacial score (nSPS) is 43.6. The van der Waals surface area contributed by atoms with E-state index < -0.39 is 5.41 Å². The molecule has 6 aliphatic carbocycles. The minimum absolute atomic E-state index is 0.00402. The molecule has 0 aromatic heterocycles. The summed E-state index contributed by atoms with van der Waals surface area (Å²) in [6, 6.07) is 0. The van der Waals surface area contributed by atoms with Crippen molar-refractivity contribution in [2.75, 3.05) is 19.8 Å². The van der Waals surface area contributed by atoms with E-state index in [1.807, 2.05) is 83.1 Å². The largest absolute Gasteiger partial charge is 0.466 e.